The highest BCUT2D eigenvalue weighted by Gasteiger charge is 2.02. The molecule has 0 atom stereocenters. The van der Waals surface area contributed by atoms with Crippen molar-refractivity contribution in [3.05, 3.63) is 17.5 Å². The highest BCUT2D eigenvalue weighted by atomic mass is 15.3. The van der Waals surface area contributed by atoms with E-state index >= 15 is 0 Å². The van der Waals surface area contributed by atoms with Crippen molar-refractivity contribution in [2.45, 2.75) is 39.7 Å². The van der Waals surface area contributed by atoms with Crippen LogP contribution in [0.2, 0.25) is 0 Å². The number of rotatable bonds is 4. The van der Waals surface area contributed by atoms with Gasteiger partial charge in [0.2, 0.25) is 0 Å². The van der Waals surface area contributed by atoms with Crippen LogP contribution in [-0.2, 0) is 6.54 Å². The van der Waals surface area contributed by atoms with E-state index in [0.717, 1.165) is 18.7 Å². The first-order valence-electron chi connectivity index (χ1n) is 4.72. The van der Waals surface area contributed by atoms with Gasteiger partial charge < -0.3 is 0 Å². The zero-order chi connectivity index (χ0) is 9.68. The molecule has 0 fully saturated rings. The Balaban J connectivity index is 2.54. The molecule has 3 nitrogen and oxygen atoms in total. The maximum absolute atomic E-state index is 8.70. The number of nitriles is 1. The second kappa shape index (κ2) is 4.66. The van der Waals surface area contributed by atoms with E-state index in [-0.39, 0.29) is 0 Å². The third kappa shape index (κ3) is 2.59. The fourth-order valence-corrected chi connectivity index (χ4v) is 1.27. The van der Waals surface area contributed by atoms with Gasteiger partial charge in [-0.3, -0.25) is 4.68 Å². The topological polar surface area (TPSA) is 41.6 Å². The lowest BCUT2D eigenvalue weighted by Crippen LogP contribution is -1.98. The third-order valence-corrected chi connectivity index (χ3v) is 2.06. The predicted octanol–water partition coefficient (Wildman–Crippen LogP) is 2.25. The van der Waals surface area contributed by atoms with Crippen LogP contribution in [0.15, 0.2) is 6.20 Å². The SMILES string of the molecule is CCCCCn1cc(C#N)c(C)n1. The van der Waals surface area contributed by atoms with Gasteiger partial charge in [0.15, 0.2) is 0 Å². The van der Waals surface area contributed by atoms with Crippen molar-refractivity contribution in [3.8, 4) is 6.07 Å². The largest absolute Gasteiger partial charge is 0.271 e. The van der Waals surface area contributed by atoms with Crippen molar-refractivity contribution in [3.63, 3.8) is 0 Å². The average Bonchev–Trinajstić information content (AvgIpc) is 2.47. The molecule has 70 valence electrons. The zero-order valence-electron chi connectivity index (χ0n) is 8.25. The fraction of sp³-hybridized carbons (Fsp3) is 0.600. The second-order valence-corrected chi connectivity index (χ2v) is 3.21. The van der Waals surface area contributed by atoms with Crippen molar-refractivity contribution in [1.29, 1.82) is 5.26 Å². The third-order valence-electron chi connectivity index (χ3n) is 2.06. The molecular formula is C10H15N3. The van der Waals surface area contributed by atoms with Crippen molar-refractivity contribution in [2.24, 2.45) is 0 Å². The van der Waals surface area contributed by atoms with Crippen molar-refractivity contribution < 1.29 is 0 Å². The van der Waals surface area contributed by atoms with Crippen LogP contribution < -0.4 is 0 Å². The fourth-order valence-electron chi connectivity index (χ4n) is 1.27. The monoisotopic (exact) mass is 177 g/mol. The Morgan fingerprint density at radius 3 is 2.85 bits per heavy atom. The Morgan fingerprint density at radius 2 is 2.31 bits per heavy atom. The Morgan fingerprint density at radius 1 is 1.54 bits per heavy atom. The summed E-state index contributed by atoms with van der Waals surface area (Å²) in [6, 6.07) is 2.12. The Kier molecular flexibility index (Phi) is 3.51. The van der Waals surface area contributed by atoms with Crippen LogP contribution in [0.3, 0.4) is 0 Å². The summed E-state index contributed by atoms with van der Waals surface area (Å²) in [6.07, 6.45) is 5.40. The molecule has 0 saturated heterocycles. The molecule has 0 radical (unpaired) electrons. The van der Waals surface area contributed by atoms with Crippen LogP contribution in [0.1, 0.15) is 37.4 Å². The predicted molar refractivity (Wildman–Crippen MR) is 51.2 cm³/mol. The molecule has 13 heavy (non-hydrogen) atoms. The Labute approximate surface area is 79.0 Å². The van der Waals surface area contributed by atoms with Crippen LogP contribution >= 0.6 is 0 Å². The standard InChI is InChI=1S/C10H15N3/c1-3-4-5-6-13-8-10(7-11)9(2)12-13/h8H,3-6H2,1-2H3. The molecule has 3 heteroatoms. The number of aryl methyl sites for hydroxylation is 2. The zero-order valence-corrected chi connectivity index (χ0v) is 8.25. The maximum Gasteiger partial charge on any atom is 0.103 e. The van der Waals surface area contributed by atoms with Crippen LogP contribution in [0, 0.1) is 18.3 Å². The van der Waals surface area contributed by atoms with E-state index in [1.807, 2.05) is 17.8 Å². The molecule has 0 unspecified atom stereocenters. The second-order valence-electron chi connectivity index (χ2n) is 3.21. The number of unbranched alkanes of at least 4 members (excludes halogenated alkanes) is 2. The van der Waals surface area contributed by atoms with E-state index in [1.54, 1.807) is 0 Å². The van der Waals surface area contributed by atoms with Gasteiger partial charge in [-0.1, -0.05) is 19.8 Å². The van der Waals surface area contributed by atoms with Gasteiger partial charge in [-0.15, -0.1) is 0 Å². The van der Waals surface area contributed by atoms with Gasteiger partial charge in [-0.25, -0.2) is 0 Å². The lowest BCUT2D eigenvalue weighted by Gasteiger charge is -1.98. The van der Waals surface area contributed by atoms with E-state index in [1.165, 1.54) is 12.8 Å². The van der Waals surface area contributed by atoms with Gasteiger partial charge in [0.1, 0.15) is 6.07 Å². The first-order chi connectivity index (χ1) is 6.27. The molecule has 0 bridgehead atoms. The molecule has 1 heterocycles. The summed E-state index contributed by atoms with van der Waals surface area (Å²) in [5, 5.41) is 12.9. The molecule has 0 aromatic carbocycles. The summed E-state index contributed by atoms with van der Waals surface area (Å²) < 4.78 is 1.86. The summed E-state index contributed by atoms with van der Waals surface area (Å²) >= 11 is 0. The first kappa shape index (κ1) is 9.79. The molecule has 1 aromatic heterocycles. The quantitative estimate of drug-likeness (QED) is 0.662. The number of hydrogen-bond donors (Lipinski definition) is 0. The molecule has 1 rings (SSSR count). The van der Waals surface area contributed by atoms with E-state index in [9.17, 15) is 0 Å². The van der Waals surface area contributed by atoms with Gasteiger partial charge in [-0.2, -0.15) is 10.4 Å². The molecule has 1 aromatic rings. The number of hydrogen-bond acceptors (Lipinski definition) is 2. The van der Waals surface area contributed by atoms with Crippen molar-refractivity contribution in [2.75, 3.05) is 0 Å². The van der Waals surface area contributed by atoms with E-state index in [2.05, 4.69) is 18.1 Å². The Bertz CT molecular complexity index is 306. The van der Waals surface area contributed by atoms with Gasteiger partial charge in [-0.05, 0) is 13.3 Å². The molecule has 0 aliphatic carbocycles. The van der Waals surface area contributed by atoms with Gasteiger partial charge >= 0.3 is 0 Å². The Hall–Kier alpha value is -1.30. The summed E-state index contributed by atoms with van der Waals surface area (Å²) in [4.78, 5) is 0. The minimum Gasteiger partial charge on any atom is -0.271 e. The molecule has 0 aliphatic heterocycles. The van der Waals surface area contributed by atoms with Gasteiger partial charge in [0.05, 0.1) is 11.3 Å². The van der Waals surface area contributed by atoms with E-state index in [4.69, 9.17) is 5.26 Å². The highest BCUT2D eigenvalue weighted by molar-refractivity contribution is 5.29. The van der Waals surface area contributed by atoms with Gasteiger partial charge in [0, 0.05) is 12.7 Å². The average molecular weight is 177 g/mol. The highest BCUT2D eigenvalue weighted by Crippen LogP contribution is 2.05. The molecule has 0 aliphatic rings. The molecule has 0 amide bonds. The minimum absolute atomic E-state index is 0.691. The smallest absolute Gasteiger partial charge is 0.103 e. The summed E-state index contributed by atoms with van der Waals surface area (Å²) in [5.41, 5.74) is 1.52. The molecule has 0 spiro atoms. The lowest BCUT2D eigenvalue weighted by molar-refractivity contribution is 0.550. The molecular weight excluding hydrogens is 162 g/mol. The van der Waals surface area contributed by atoms with Crippen molar-refractivity contribution >= 4 is 0 Å². The van der Waals surface area contributed by atoms with Crippen LogP contribution in [-0.4, -0.2) is 9.78 Å². The van der Waals surface area contributed by atoms with Crippen LogP contribution in [0.5, 0.6) is 0 Å². The van der Waals surface area contributed by atoms with Gasteiger partial charge in [0.25, 0.3) is 0 Å². The lowest BCUT2D eigenvalue weighted by atomic mass is 10.2. The van der Waals surface area contributed by atoms with Crippen molar-refractivity contribution in [1.82, 2.24) is 9.78 Å². The maximum atomic E-state index is 8.70. The summed E-state index contributed by atoms with van der Waals surface area (Å²) in [7, 11) is 0. The number of nitrogens with zero attached hydrogens (tertiary/aromatic N) is 3. The minimum atomic E-state index is 0.691. The molecule has 0 saturated carbocycles. The summed E-state index contributed by atoms with van der Waals surface area (Å²) in [5.74, 6) is 0. The summed E-state index contributed by atoms with van der Waals surface area (Å²) in [6.45, 7) is 4.97. The van der Waals surface area contributed by atoms with E-state index in [0.29, 0.717) is 5.56 Å². The normalized spacial score (nSPS) is 9.92. The number of aromatic nitrogens is 2. The van der Waals surface area contributed by atoms with Crippen LogP contribution in [0.4, 0.5) is 0 Å². The van der Waals surface area contributed by atoms with Crippen LogP contribution in [0.25, 0.3) is 0 Å². The molecule has 0 N–H and O–H groups in total. The van der Waals surface area contributed by atoms with E-state index < -0.39 is 0 Å². The first-order valence-corrected chi connectivity index (χ1v) is 4.72.